The fourth-order valence-electron chi connectivity index (χ4n) is 2.10. The van der Waals surface area contributed by atoms with Crippen molar-refractivity contribution < 1.29 is 13.9 Å². The molecule has 16 heavy (non-hydrogen) atoms. The van der Waals surface area contributed by atoms with Crippen LogP contribution in [-0.4, -0.2) is 67.2 Å². The highest BCUT2D eigenvalue weighted by Crippen LogP contribution is 2.08. The Morgan fingerprint density at radius 2 is 1.81 bits per heavy atom. The quantitative estimate of drug-likeness (QED) is 0.715. The van der Waals surface area contributed by atoms with Gasteiger partial charge in [-0.2, -0.15) is 0 Å². The van der Waals surface area contributed by atoms with Crippen LogP contribution in [0, 0.1) is 0 Å². The van der Waals surface area contributed by atoms with Crippen LogP contribution in [-0.2, 0) is 0 Å². The van der Waals surface area contributed by atoms with Crippen molar-refractivity contribution in [2.45, 2.75) is 25.7 Å². The number of hydrogen-bond donors (Lipinski definition) is 1. The summed E-state index contributed by atoms with van der Waals surface area (Å²) in [7, 11) is 0. The predicted octanol–water partition coefficient (Wildman–Crippen LogP) is 1.03. The maximum absolute atomic E-state index is 12.2. The molecule has 1 fully saturated rings. The summed E-state index contributed by atoms with van der Waals surface area (Å²) in [6, 6.07) is 0. The topological polar surface area (TPSA) is 26.7 Å². The van der Waals surface area contributed by atoms with E-state index in [1.807, 2.05) is 0 Å². The Hall–Kier alpha value is -0.260. The van der Waals surface area contributed by atoms with Crippen molar-refractivity contribution in [1.82, 2.24) is 9.80 Å². The molecule has 0 aromatic carbocycles. The largest absolute Gasteiger partial charge is 0.395 e. The molecule has 5 heteroatoms. The highest BCUT2D eigenvalue weighted by Gasteiger charge is 2.14. The third kappa shape index (κ3) is 5.72. The fraction of sp³-hybridized carbons (Fsp3) is 1.00. The molecule has 1 aliphatic heterocycles. The third-order valence-electron chi connectivity index (χ3n) is 2.99. The molecule has 1 rings (SSSR count). The van der Waals surface area contributed by atoms with E-state index in [-0.39, 0.29) is 13.2 Å². The molecular formula is C11H22F2N2O. The standard InChI is InChI=1S/C11H22F2N2O/c12-11(13)10-15(8-9-16)7-6-14-4-2-1-3-5-14/h11,16H,1-10H2. The molecule has 0 aromatic rings. The molecule has 0 atom stereocenters. The Morgan fingerprint density at radius 1 is 1.12 bits per heavy atom. The smallest absolute Gasteiger partial charge is 0.251 e. The van der Waals surface area contributed by atoms with Gasteiger partial charge in [0.1, 0.15) is 0 Å². The van der Waals surface area contributed by atoms with Crippen molar-refractivity contribution in [3.8, 4) is 0 Å². The van der Waals surface area contributed by atoms with Crippen LogP contribution < -0.4 is 0 Å². The molecule has 3 nitrogen and oxygen atoms in total. The van der Waals surface area contributed by atoms with Gasteiger partial charge in [0.25, 0.3) is 6.43 Å². The average Bonchev–Trinajstić information content (AvgIpc) is 2.27. The van der Waals surface area contributed by atoms with Crippen LogP contribution in [0.1, 0.15) is 19.3 Å². The van der Waals surface area contributed by atoms with Gasteiger partial charge in [0.15, 0.2) is 0 Å². The zero-order valence-electron chi connectivity index (χ0n) is 9.75. The maximum Gasteiger partial charge on any atom is 0.251 e. The number of rotatable bonds is 7. The van der Waals surface area contributed by atoms with Crippen LogP contribution in [0.3, 0.4) is 0 Å². The second-order valence-corrected chi connectivity index (χ2v) is 4.32. The van der Waals surface area contributed by atoms with Gasteiger partial charge in [-0.1, -0.05) is 6.42 Å². The first-order chi connectivity index (χ1) is 7.72. The molecule has 0 aromatic heterocycles. The Kier molecular flexibility index (Phi) is 6.84. The van der Waals surface area contributed by atoms with Gasteiger partial charge in [-0.25, -0.2) is 8.78 Å². The van der Waals surface area contributed by atoms with E-state index in [2.05, 4.69) is 4.90 Å². The van der Waals surface area contributed by atoms with E-state index in [0.29, 0.717) is 13.1 Å². The first kappa shape index (κ1) is 13.8. The Morgan fingerprint density at radius 3 is 2.38 bits per heavy atom. The lowest BCUT2D eigenvalue weighted by atomic mass is 10.1. The van der Waals surface area contributed by atoms with Crippen molar-refractivity contribution in [3.63, 3.8) is 0 Å². The van der Waals surface area contributed by atoms with Crippen molar-refractivity contribution in [2.24, 2.45) is 0 Å². The van der Waals surface area contributed by atoms with E-state index < -0.39 is 6.43 Å². The molecular weight excluding hydrogens is 214 g/mol. The average molecular weight is 236 g/mol. The highest BCUT2D eigenvalue weighted by molar-refractivity contribution is 4.67. The van der Waals surface area contributed by atoms with E-state index in [4.69, 9.17) is 5.11 Å². The summed E-state index contributed by atoms with van der Waals surface area (Å²) in [5.74, 6) is 0. The highest BCUT2D eigenvalue weighted by atomic mass is 19.3. The van der Waals surface area contributed by atoms with Gasteiger partial charge >= 0.3 is 0 Å². The summed E-state index contributed by atoms with van der Waals surface area (Å²) in [6.45, 7) is 3.71. The van der Waals surface area contributed by atoms with Crippen LogP contribution in [0.5, 0.6) is 0 Å². The lowest BCUT2D eigenvalue weighted by Gasteiger charge is -2.29. The predicted molar refractivity (Wildman–Crippen MR) is 59.8 cm³/mol. The molecule has 0 bridgehead atoms. The monoisotopic (exact) mass is 236 g/mol. The van der Waals surface area contributed by atoms with Crippen LogP contribution in [0.25, 0.3) is 0 Å². The van der Waals surface area contributed by atoms with Gasteiger partial charge in [0.05, 0.1) is 13.2 Å². The molecule has 0 aliphatic carbocycles. The molecule has 1 aliphatic rings. The minimum atomic E-state index is -2.31. The number of alkyl halides is 2. The Bertz CT molecular complexity index is 175. The normalized spacial score (nSPS) is 18.6. The number of aliphatic hydroxyl groups excluding tert-OH is 1. The third-order valence-corrected chi connectivity index (χ3v) is 2.99. The lowest BCUT2D eigenvalue weighted by Crippen LogP contribution is -2.40. The summed E-state index contributed by atoms with van der Waals surface area (Å²) < 4.78 is 24.5. The molecule has 0 radical (unpaired) electrons. The Balaban J connectivity index is 2.19. The minimum Gasteiger partial charge on any atom is -0.395 e. The zero-order valence-corrected chi connectivity index (χ0v) is 9.75. The van der Waals surface area contributed by atoms with E-state index in [9.17, 15) is 8.78 Å². The molecule has 96 valence electrons. The van der Waals surface area contributed by atoms with Gasteiger partial charge in [-0.15, -0.1) is 0 Å². The second-order valence-electron chi connectivity index (χ2n) is 4.32. The molecule has 1 saturated heterocycles. The first-order valence-electron chi connectivity index (χ1n) is 6.06. The van der Waals surface area contributed by atoms with Crippen LogP contribution in [0.15, 0.2) is 0 Å². The number of hydrogen-bond acceptors (Lipinski definition) is 3. The van der Waals surface area contributed by atoms with Crippen molar-refractivity contribution >= 4 is 0 Å². The molecule has 0 spiro atoms. The van der Waals surface area contributed by atoms with Crippen molar-refractivity contribution in [3.05, 3.63) is 0 Å². The fourth-order valence-corrected chi connectivity index (χ4v) is 2.10. The van der Waals surface area contributed by atoms with Crippen LogP contribution >= 0.6 is 0 Å². The summed E-state index contributed by atoms with van der Waals surface area (Å²) in [4.78, 5) is 3.96. The van der Waals surface area contributed by atoms with Gasteiger partial charge in [0, 0.05) is 19.6 Å². The second kappa shape index (κ2) is 7.92. The number of nitrogens with zero attached hydrogens (tertiary/aromatic N) is 2. The van der Waals surface area contributed by atoms with Crippen molar-refractivity contribution in [1.29, 1.82) is 0 Å². The Labute approximate surface area is 96.0 Å². The number of halogens is 2. The molecule has 1 N–H and O–H groups in total. The zero-order chi connectivity index (χ0) is 11.8. The number of aliphatic hydroxyl groups is 1. The maximum atomic E-state index is 12.2. The number of likely N-dealkylation sites (tertiary alicyclic amines) is 1. The lowest BCUT2D eigenvalue weighted by molar-refractivity contribution is 0.0704. The van der Waals surface area contributed by atoms with E-state index in [0.717, 1.165) is 19.6 Å². The van der Waals surface area contributed by atoms with Crippen molar-refractivity contribution in [2.75, 3.05) is 45.9 Å². The first-order valence-corrected chi connectivity index (χ1v) is 6.06. The van der Waals surface area contributed by atoms with Gasteiger partial charge < -0.3 is 10.0 Å². The van der Waals surface area contributed by atoms with E-state index in [1.165, 1.54) is 19.3 Å². The van der Waals surface area contributed by atoms with Gasteiger partial charge in [-0.3, -0.25) is 4.90 Å². The van der Waals surface area contributed by atoms with Gasteiger partial charge in [-0.05, 0) is 25.9 Å². The molecule has 1 heterocycles. The van der Waals surface area contributed by atoms with Crippen LogP contribution in [0.4, 0.5) is 8.78 Å². The summed E-state index contributed by atoms with van der Waals surface area (Å²) in [5.41, 5.74) is 0. The summed E-state index contributed by atoms with van der Waals surface area (Å²) in [6.07, 6.45) is 1.41. The van der Waals surface area contributed by atoms with E-state index in [1.54, 1.807) is 4.90 Å². The molecule has 0 saturated carbocycles. The molecule has 0 amide bonds. The summed E-state index contributed by atoms with van der Waals surface area (Å²) in [5, 5.41) is 8.79. The van der Waals surface area contributed by atoms with E-state index >= 15 is 0 Å². The SMILES string of the molecule is OCCN(CCN1CCCCC1)CC(F)F. The molecule has 0 unspecified atom stereocenters. The minimum absolute atomic E-state index is 0.0489. The van der Waals surface area contributed by atoms with Gasteiger partial charge in [0.2, 0.25) is 0 Å². The number of piperidine rings is 1. The van der Waals surface area contributed by atoms with Crippen LogP contribution in [0.2, 0.25) is 0 Å². The summed E-state index contributed by atoms with van der Waals surface area (Å²) >= 11 is 0.